The molecule has 0 N–H and O–H groups in total. The Morgan fingerprint density at radius 1 is 0.870 bits per heavy atom. The predicted octanol–water partition coefficient (Wildman–Crippen LogP) is 4.97. The van der Waals surface area contributed by atoms with E-state index in [9.17, 15) is 4.79 Å². The van der Waals surface area contributed by atoms with Crippen LogP contribution in [0.3, 0.4) is 0 Å². The zero-order valence-electron chi connectivity index (χ0n) is 13.3. The summed E-state index contributed by atoms with van der Waals surface area (Å²) in [7, 11) is 0. The molecule has 0 spiro atoms. The molecule has 3 heteroatoms. The van der Waals surface area contributed by atoms with E-state index < -0.39 is 0 Å². The van der Waals surface area contributed by atoms with Crippen molar-refractivity contribution in [3.63, 3.8) is 0 Å². The van der Waals surface area contributed by atoms with Crippen LogP contribution in [0, 0.1) is 0 Å². The average Bonchev–Trinajstić information content (AvgIpc) is 2.91. The number of hydrogen-bond donors (Lipinski definition) is 0. The van der Waals surface area contributed by atoms with Gasteiger partial charge in [-0.1, -0.05) is 66.2 Å². The number of amides is 1. The monoisotopic (exact) mass is 302 g/mol. The summed E-state index contributed by atoms with van der Waals surface area (Å²) in [6, 6.07) is 20.0. The maximum Gasteiger partial charge on any atom is 0.297 e. The fourth-order valence-electron chi connectivity index (χ4n) is 2.78. The second-order valence-electron chi connectivity index (χ2n) is 5.73. The normalized spacial score (nSPS) is 13.6. The summed E-state index contributed by atoms with van der Waals surface area (Å²) in [6.07, 6.45) is 0.606. The lowest BCUT2D eigenvalue weighted by Gasteiger charge is -2.12. The minimum atomic E-state index is -0.254. The maximum atomic E-state index is 12.3. The molecule has 3 rings (SSSR count). The van der Waals surface area contributed by atoms with Crippen molar-refractivity contribution in [2.24, 2.45) is 10.2 Å². The number of allylic oxidation sites excluding steroid dienone is 2. The Labute approximate surface area is 136 Å². The third-order valence-electron chi connectivity index (χ3n) is 3.79. The molecule has 1 amide bonds. The lowest BCUT2D eigenvalue weighted by atomic mass is 9.91. The van der Waals surface area contributed by atoms with Crippen LogP contribution in [0.25, 0.3) is 5.57 Å². The average molecular weight is 302 g/mol. The fourth-order valence-corrected chi connectivity index (χ4v) is 2.78. The molecule has 1 aliphatic heterocycles. The Kier molecular flexibility index (Phi) is 4.29. The van der Waals surface area contributed by atoms with E-state index in [-0.39, 0.29) is 5.91 Å². The van der Waals surface area contributed by atoms with Crippen LogP contribution in [-0.4, -0.2) is 5.91 Å². The van der Waals surface area contributed by atoms with Crippen LogP contribution in [0.5, 0.6) is 0 Å². The molecule has 1 aliphatic rings. The van der Waals surface area contributed by atoms with Crippen LogP contribution in [0.1, 0.15) is 25.0 Å². The van der Waals surface area contributed by atoms with E-state index in [1.165, 1.54) is 0 Å². The Hall–Kier alpha value is -2.81. The van der Waals surface area contributed by atoms with Crippen molar-refractivity contribution in [3.8, 4) is 0 Å². The van der Waals surface area contributed by atoms with E-state index >= 15 is 0 Å². The van der Waals surface area contributed by atoms with Gasteiger partial charge in [-0.05, 0) is 30.5 Å². The van der Waals surface area contributed by atoms with Gasteiger partial charge in [0.05, 0.1) is 11.3 Å². The third-order valence-corrected chi connectivity index (χ3v) is 3.79. The number of azo groups is 1. The number of hydrogen-bond acceptors (Lipinski definition) is 2. The Morgan fingerprint density at radius 3 is 2.09 bits per heavy atom. The molecule has 114 valence electrons. The van der Waals surface area contributed by atoms with Crippen LogP contribution in [-0.2, 0) is 11.2 Å². The highest BCUT2D eigenvalue weighted by Crippen LogP contribution is 2.34. The molecule has 0 atom stereocenters. The van der Waals surface area contributed by atoms with Gasteiger partial charge in [0, 0.05) is 6.42 Å². The lowest BCUT2D eigenvalue weighted by Crippen LogP contribution is -2.03. The van der Waals surface area contributed by atoms with E-state index in [1.807, 2.05) is 74.5 Å². The van der Waals surface area contributed by atoms with Gasteiger partial charge < -0.3 is 0 Å². The Bertz CT molecular complexity index is 811. The second-order valence-corrected chi connectivity index (χ2v) is 5.73. The number of nitrogens with zero attached hydrogens (tertiary/aromatic N) is 2. The van der Waals surface area contributed by atoms with Crippen LogP contribution in [0.15, 0.2) is 87.7 Å². The van der Waals surface area contributed by atoms with Crippen molar-refractivity contribution in [3.05, 3.63) is 88.6 Å². The highest BCUT2D eigenvalue weighted by Gasteiger charge is 2.26. The fraction of sp³-hybridized carbons (Fsp3) is 0.150. The zero-order chi connectivity index (χ0) is 16.2. The summed E-state index contributed by atoms with van der Waals surface area (Å²) in [5, 5.41) is 7.94. The van der Waals surface area contributed by atoms with E-state index in [2.05, 4.69) is 10.2 Å². The van der Waals surface area contributed by atoms with Crippen molar-refractivity contribution in [2.45, 2.75) is 20.3 Å². The van der Waals surface area contributed by atoms with E-state index in [4.69, 9.17) is 0 Å². The van der Waals surface area contributed by atoms with Gasteiger partial charge in [0.15, 0.2) is 0 Å². The van der Waals surface area contributed by atoms with Crippen LogP contribution in [0.2, 0.25) is 0 Å². The van der Waals surface area contributed by atoms with E-state index in [1.54, 1.807) is 0 Å². The standard InChI is InChI=1S/C20H18N2O/c1-14(2)18(16-11-7-4-8-12-16)19-17(21-22-20(19)23)13-15-9-5-3-6-10-15/h3-12H,13H2,1-2H3. The molecule has 1 heterocycles. The Morgan fingerprint density at radius 2 is 1.48 bits per heavy atom. The molecule has 0 aromatic heterocycles. The summed E-state index contributed by atoms with van der Waals surface area (Å²) in [6.45, 7) is 4.03. The second kappa shape index (κ2) is 6.53. The van der Waals surface area contributed by atoms with Crippen molar-refractivity contribution >= 4 is 11.5 Å². The molecular formula is C20H18N2O. The maximum absolute atomic E-state index is 12.3. The summed E-state index contributed by atoms with van der Waals surface area (Å²) < 4.78 is 0. The van der Waals surface area contributed by atoms with Gasteiger partial charge in [0.2, 0.25) is 0 Å². The number of carbonyl (C=O) groups excluding carboxylic acids is 1. The van der Waals surface area contributed by atoms with Crippen LogP contribution < -0.4 is 0 Å². The predicted molar refractivity (Wildman–Crippen MR) is 91.7 cm³/mol. The molecule has 2 aromatic carbocycles. The van der Waals surface area contributed by atoms with Crippen molar-refractivity contribution in [1.82, 2.24) is 0 Å². The molecule has 23 heavy (non-hydrogen) atoms. The first-order valence-corrected chi connectivity index (χ1v) is 7.63. The minimum absolute atomic E-state index is 0.254. The highest BCUT2D eigenvalue weighted by atomic mass is 16.2. The summed E-state index contributed by atoms with van der Waals surface area (Å²) in [5.41, 5.74) is 5.52. The summed E-state index contributed by atoms with van der Waals surface area (Å²) in [4.78, 5) is 12.3. The van der Waals surface area contributed by atoms with Gasteiger partial charge >= 0.3 is 0 Å². The smallest absolute Gasteiger partial charge is 0.265 e. The number of carbonyl (C=O) groups is 1. The largest absolute Gasteiger partial charge is 0.297 e. The van der Waals surface area contributed by atoms with Gasteiger partial charge in [0.25, 0.3) is 5.91 Å². The van der Waals surface area contributed by atoms with E-state index in [0.29, 0.717) is 12.0 Å². The molecular weight excluding hydrogens is 284 g/mol. The topological polar surface area (TPSA) is 41.8 Å². The molecule has 0 radical (unpaired) electrons. The summed E-state index contributed by atoms with van der Waals surface area (Å²) in [5.74, 6) is -0.254. The first-order valence-electron chi connectivity index (χ1n) is 7.63. The Balaban J connectivity index is 2.08. The quantitative estimate of drug-likeness (QED) is 0.786. The number of rotatable bonds is 4. The number of benzene rings is 2. The molecule has 3 nitrogen and oxygen atoms in total. The van der Waals surface area contributed by atoms with Crippen molar-refractivity contribution in [1.29, 1.82) is 0 Å². The van der Waals surface area contributed by atoms with Gasteiger partial charge in [-0.15, -0.1) is 5.11 Å². The van der Waals surface area contributed by atoms with Gasteiger partial charge in [-0.2, -0.15) is 5.11 Å². The van der Waals surface area contributed by atoms with E-state index in [0.717, 1.165) is 28.0 Å². The zero-order valence-corrected chi connectivity index (χ0v) is 13.3. The molecule has 0 fully saturated rings. The van der Waals surface area contributed by atoms with Crippen molar-refractivity contribution in [2.75, 3.05) is 0 Å². The van der Waals surface area contributed by atoms with Gasteiger partial charge in [-0.25, -0.2) is 0 Å². The SMILES string of the molecule is CC(C)=C(C1=C(Cc2ccccc2)N=NC1=O)c1ccccc1. The lowest BCUT2D eigenvalue weighted by molar-refractivity contribution is -0.114. The highest BCUT2D eigenvalue weighted by molar-refractivity contribution is 6.11. The molecule has 0 bridgehead atoms. The third kappa shape index (κ3) is 3.19. The molecule has 0 unspecified atom stereocenters. The van der Waals surface area contributed by atoms with Crippen molar-refractivity contribution < 1.29 is 4.79 Å². The van der Waals surface area contributed by atoms with Gasteiger partial charge in [-0.3, -0.25) is 4.79 Å². The first-order chi connectivity index (χ1) is 11.2. The molecule has 0 saturated carbocycles. The molecule has 0 aliphatic carbocycles. The molecule has 0 saturated heterocycles. The summed E-state index contributed by atoms with van der Waals surface area (Å²) >= 11 is 0. The van der Waals surface area contributed by atoms with Crippen LogP contribution >= 0.6 is 0 Å². The van der Waals surface area contributed by atoms with Gasteiger partial charge in [0.1, 0.15) is 0 Å². The molecule has 2 aromatic rings. The minimum Gasteiger partial charge on any atom is -0.265 e. The van der Waals surface area contributed by atoms with Crippen LogP contribution in [0.4, 0.5) is 0 Å². The first kappa shape index (κ1) is 15.1.